The van der Waals surface area contributed by atoms with Gasteiger partial charge < -0.3 is 14.2 Å². The smallest absolute Gasteiger partial charge is 0.291 e. The molecule has 1 aromatic carbocycles. The van der Waals surface area contributed by atoms with Crippen molar-refractivity contribution < 1.29 is 23.7 Å². The second-order valence-corrected chi connectivity index (χ2v) is 6.90. The Labute approximate surface area is 128 Å². The summed E-state index contributed by atoms with van der Waals surface area (Å²) < 4.78 is 31.0. The van der Waals surface area contributed by atoms with Crippen LogP contribution in [-0.4, -0.2) is 25.2 Å². The minimum atomic E-state index is -1.01. The molecule has 5 aliphatic rings. The molecule has 6 rings (SSSR count). The molecule has 0 aromatic heterocycles. The second kappa shape index (κ2) is 3.74. The van der Waals surface area contributed by atoms with E-state index < -0.39 is 11.8 Å². The molecule has 0 spiro atoms. The summed E-state index contributed by atoms with van der Waals surface area (Å²) in [6.45, 7) is 2.51. The Kier molecular flexibility index (Phi) is 2.11. The van der Waals surface area contributed by atoms with Crippen LogP contribution in [0.3, 0.4) is 0 Å². The van der Waals surface area contributed by atoms with Crippen LogP contribution in [0.15, 0.2) is 30.3 Å². The van der Waals surface area contributed by atoms with Gasteiger partial charge in [-0.1, -0.05) is 30.3 Å². The lowest BCUT2D eigenvalue weighted by molar-refractivity contribution is -0.474. The van der Waals surface area contributed by atoms with Crippen molar-refractivity contribution in [3.05, 3.63) is 35.9 Å². The van der Waals surface area contributed by atoms with Crippen LogP contribution >= 0.6 is 0 Å². The van der Waals surface area contributed by atoms with Gasteiger partial charge in [-0.05, 0) is 13.3 Å². The summed E-state index contributed by atoms with van der Waals surface area (Å²) in [5.41, 5.74) is 1.03. The van der Waals surface area contributed by atoms with Crippen molar-refractivity contribution in [2.45, 2.75) is 37.7 Å². The number of hydrogen-bond donors (Lipinski definition) is 0. The molecule has 22 heavy (non-hydrogen) atoms. The predicted octanol–water partition coefficient (Wildman–Crippen LogP) is 2.17. The maximum atomic E-state index is 6.47. The van der Waals surface area contributed by atoms with Crippen LogP contribution in [0.4, 0.5) is 0 Å². The first-order valence-electron chi connectivity index (χ1n) is 8.18. The topological polar surface area (TPSA) is 46.2 Å². The van der Waals surface area contributed by atoms with E-state index in [2.05, 4.69) is 12.1 Å². The van der Waals surface area contributed by atoms with E-state index in [1.165, 1.54) is 0 Å². The Hall–Kier alpha value is -0.980. The highest BCUT2D eigenvalue weighted by atomic mass is 17.0. The molecule has 4 saturated heterocycles. The molecular weight excluding hydrogens is 284 g/mol. The van der Waals surface area contributed by atoms with Gasteiger partial charge in [0.25, 0.3) is 5.97 Å². The lowest BCUT2D eigenvalue weighted by Crippen LogP contribution is -2.45. The Morgan fingerprint density at radius 3 is 2.68 bits per heavy atom. The number of benzene rings is 1. The zero-order valence-corrected chi connectivity index (χ0v) is 12.3. The summed E-state index contributed by atoms with van der Waals surface area (Å²) in [5.74, 6) is -0.648. The third kappa shape index (κ3) is 1.16. The van der Waals surface area contributed by atoms with Crippen LogP contribution in [0, 0.1) is 23.7 Å². The van der Waals surface area contributed by atoms with Crippen LogP contribution in [0.5, 0.6) is 0 Å². The Morgan fingerprint density at radius 2 is 1.86 bits per heavy atom. The molecule has 5 nitrogen and oxygen atoms in total. The number of rotatable bonds is 3. The van der Waals surface area contributed by atoms with E-state index in [1.54, 1.807) is 0 Å². The first-order valence-corrected chi connectivity index (χ1v) is 8.18. The lowest BCUT2D eigenvalue weighted by atomic mass is 9.82. The van der Waals surface area contributed by atoms with Gasteiger partial charge in [-0.3, -0.25) is 9.47 Å². The van der Waals surface area contributed by atoms with Crippen LogP contribution in [-0.2, 0) is 29.5 Å². The average Bonchev–Trinajstić information content (AvgIpc) is 3.17. The second-order valence-electron chi connectivity index (χ2n) is 6.90. The highest BCUT2D eigenvalue weighted by Crippen LogP contribution is 2.74. The third-order valence-electron chi connectivity index (χ3n) is 6.06. The molecular formula is C17H18O5. The minimum absolute atomic E-state index is 0.190. The van der Waals surface area contributed by atoms with Gasteiger partial charge in [-0.25, -0.2) is 0 Å². The summed E-state index contributed by atoms with van der Waals surface area (Å²) in [6.07, 6.45) is 0.602. The van der Waals surface area contributed by atoms with Crippen molar-refractivity contribution in [2.75, 3.05) is 6.61 Å². The van der Waals surface area contributed by atoms with Crippen molar-refractivity contribution in [3.8, 4) is 0 Å². The summed E-state index contributed by atoms with van der Waals surface area (Å²) in [5, 5.41) is 0. The summed E-state index contributed by atoms with van der Waals surface area (Å²) in [7, 11) is 0. The molecule has 0 amide bonds. The highest BCUT2D eigenvalue weighted by molar-refractivity contribution is 5.29. The Balaban J connectivity index is 1.57. The maximum Gasteiger partial charge on any atom is 0.291 e. The molecule has 2 bridgehead atoms. The summed E-state index contributed by atoms with van der Waals surface area (Å²) >= 11 is 0. The van der Waals surface area contributed by atoms with Gasteiger partial charge in [-0.2, -0.15) is 0 Å². The van der Waals surface area contributed by atoms with E-state index in [0.717, 1.165) is 12.0 Å². The molecule has 8 atom stereocenters. The van der Waals surface area contributed by atoms with Gasteiger partial charge in [0.05, 0.1) is 5.92 Å². The first kappa shape index (κ1) is 12.4. The van der Waals surface area contributed by atoms with Crippen molar-refractivity contribution in [2.24, 2.45) is 23.7 Å². The largest absolute Gasteiger partial charge is 0.327 e. The molecule has 0 unspecified atom stereocenters. The van der Waals surface area contributed by atoms with E-state index in [1.807, 2.05) is 25.1 Å². The van der Waals surface area contributed by atoms with E-state index >= 15 is 0 Å². The zero-order valence-electron chi connectivity index (χ0n) is 12.3. The average molecular weight is 302 g/mol. The van der Waals surface area contributed by atoms with E-state index in [-0.39, 0.29) is 24.4 Å². The first-order chi connectivity index (χ1) is 10.8. The van der Waals surface area contributed by atoms with Crippen molar-refractivity contribution in [1.82, 2.24) is 0 Å². The van der Waals surface area contributed by atoms with Gasteiger partial charge in [-0.15, -0.1) is 0 Å². The molecule has 5 fully saturated rings. The van der Waals surface area contributed by atoms with Crippen molar-refractivity contribution >= 4 is 0 Å². The van der Waals surface area contributed by atoms with Crippen LogP contribution in [0.2, 0.25) is 0 Å². The van der Waals surface area contributed by atoms with E-state index in [9.17, 15) is 0 Å². The number of hydrogen-bond acceptors (Lipinski definition) is 5. The zero-order chi connectivity index (χ0) is 14.5. The van der Waals surface area contributed by atoms with E-state index in [4.69, 9.17) is 23.7 Å². The van der Waals surface area contributed by atoms with Crippen molar-refractivity contribution in [3.63, 3.8) is 0 Å². The maximum absolute atomic E-state index is 6.47. The van der Waals surface area contributed by atoms with Crippen LogP contribution < -0.4 is 0 Å². The molecule has 1 aromatic rings. The molecule has 5 heteroatoms. The molecule has 4 aliphatic heterocycles. The fourth-order valence-corrected chi connectivity index (χ4v) is 5.50. The SMILES string of the molecule is CCO[C@@]12O[C@H]3O[C@H]4O[C@@](c5ccccc5)(O1)[C@@H]1[C@H]4C[C@H]3[C@H]12. The highest BCUT2D eigenvalue weighted by Gasteiger charge is 2.84. The molecule has 4 heterocycles. The fraction of sp³-hybridized carbons (Fsp3) is 0.647. The molecule has 1 aliphatic carbocycles. The van der Waals surface area contributed by atoms with Crippen LogP contribution in [0.1, 0.15) is 18.9 Å². The molecule has 0 radical (unpaired) electrons. The summed E-state index contributed by atoms with van der Waals surface area (Å²) in [4.78, 5) is 0. The predicted molar refractivity (Wildman–Crippen MR) is 73.0 cm³/mol. The lowest BCUT2D eigenvalue weighted by Gasteiger charge is -2.38. The van der Waals surface area contributed by atoms with Crippen molar-refractivity contribution in [1.29, 1.82) is 0 Å². The Bertz CT molecular complexity index is 635. The van der Waals surface area contributed by atoms with Gasteiger partial charge in [0.1, 0.15) is 0 Å². The monoisotopic (exact) mass is 302 g/mol. The van der Waals surface area contributed by atoms with Gasteiger partial charge in [0.15, 0.2) is 12.6 Å². The minimum Gasteiger partial charge on any atom is -0.327 e. The normalized spacial score (nSPS) is 56.2. The summed E-state index contributed by atoms with van der Waals surface area (Å²) in [6, 6.07) is 10.2. The third-order valence-corrected chi connectivity index (χ3v) is 6.06. The number of ether oxygens (including phenoxy) is 5. The standard InChI is InChI=1S/C17H18O5/c1-2-18-17-13-11-8-10-12(13)16(22-17,9-6-4-3-5-7-9)20-14(10)19-15(11)21-17/h3-7,10-15H,2,8H2,1H3/t10-,11+,12-,13-,14+,15-,16+,17+/m1/s1. The molecule has 116 valence electrons. The Morgan fingerprint density at radius 1 is 1.09 bits per heavy atom. The van der Waals surface area contributed by atoms with Crippen LogP contribution in [0.25, 0.3) is 0 Å². The van der Waals surface area contributed by atoms with Gasteiger partial charge in [0.2, 0.25) is 5.79 Å². The van der Waals surface area contributed by atoms with E-state index in [0.29, 0.717) is 18.4 Å². The molecule has 0 N–H and O–H groups in total. The quantitative estimate of drug-likeness (QED) is 0.856. The van der Waals surface area contributed by atoms with Gasteiger partial charge in [0, 0.05) is 29.9 Å². The van der Waals surface area contributed by atoms with Gasteiger partial charge >= 0.3 is 0 Å². The molecule has 1 saturated carbocycles. The fourth-order valence-electron chi connectivity index (χ4n) is 5.50.